The molecule has 1 fully saturated rings. The normalized spacial score (nSPS) is 17.6. The SMILES string of the molecule is CC(C)c1[nH]nc(C(=O)Nc2ccc(CN3CCCC(C(N)=O)C3)cc2)c1Br. The second kappa shape index (κ2) is 8.87. The summed E-state index contributed by atoms with van der Waals surface area (Å²) in [5.74, 6) is -0.294. The summed E-state index contributed by atoms with van der Waals surface area (Å²) in [6.45, 7) is 6.51. The van der Waals surface area contributed by atoms with Gasteiger partial charge in [0.05, 0.1) is 16.1 Å². The van der Waals surface area contributed by atoms with Crippen LogP contribution in [0, 0.1) is 5.92 Å². The van der Waals surface area contributed by atoms with Gasteiger partial charge in [0, 0.05) is 18.8 Å². The first kappa shape index (κ1) is 20.5. The molecule has 7 nitrogen and oxygen atoms in total. The lowest BCUT2D eigenvalue weighted by molar-refractivity contribution is -0.123. The fraction of sp³-hybridized carbons (Fsp3) is 0.450. The van der Waals surface area contributed by atoms with Gasteiger partial charge in [-0.3, -0.25) is 19.6 Å². The molecule has 1 aliphatic heterocycles. The number of rotatable bonds is 6. The summed E-state index contributed by atoms with van der Waals surface area (Å²) in [7, 11) is 0. The minimum absolute atomic E-state index is 0.0599. The highest BCUT2D eigenvalue weighted by Crippen LogP contribution is 2.26. The molecule has 1 saturated heterocycles. The largest absolute Gasteiger partial charge is 0.369 e. The molecular weight excluding hydrogens is 422 g/mol. The number of aromatic nitrogens is 2. The Balaban J connectivity index is 1.60. The van der Waals surface area contributed by atoms with E-state index in [0.29, 0.717) is 22.4 Å². The number of aromatic amines is 1. The van der Waals surface area contributed by atoms with Crippen LogP contribution in [-0.4, -0.2) is 40.0 Å². The highest BCUT2D eigenvalue weighted by molar-refractivity contribution is 9.10. The molecule has 0 spiro atoms. The molecule has 2 aromatic rings. The molecule has 2 amide bonds. The summed E-state index contributed by atoms with van der Waals surface area (Å²) in [5, 5.41) is 9.91. The van der Waals surface area contributed by atoms with Crippen molar-refractivity contribution in [3.05, 3.63) is 45.7 Å². The van der Waals surface area contributed by atoms with Gasteiger partial charge in [-0.05, 0) is 58.9 Å². The van der Waals surface area contributed by atoms with Crippen molar-refractivity contribution in [2.24, 2.45) is 11.7 Å². The quantitative estimate of drug-likeness (QED) is 0.631. The lowest BCUT2D eigenvalue weighted by atomic mass is 9.97. The maximum Gasteiger partial charge on any atom is 0.277 e. The molecule has 28 heavy (non-hydrogen) atoms. The number of H-pyrrole nitrogens is 1. The first-order valence-corrected chi connectivity index (χ1v) is 10.3. The van der Waals surface area contributed by atoms with E-state index in [9.17, 15) is 9.59 Å². The van der Waals surface area contributed by atoms with E-state index < -0.39 is 0 Å². The average Bonchev–Trinajstić information content (AvgIpc) is 3.05. The molecule has 1 atom stereocenters. The fourth-order valence-corrected chi connectivity index (χ4v) is 4.26. The van der Waals surface area contributed by atoms with Crippen molar-refractivity contribution in [3.63, 3.8) is 0 Å². The van der Waals surface area contributed by atoms with Gasteiger partial charge in [0.1, 0.15) is 0 Å². The number of piperidine rings is 1. The van der Waals surface area contributed by atoms with Crippen LogP contribution in [0.15, 0.2) is 28.7 Å². The summed E-state index contributed by atoms with van der Waals surface area (Å²) in [5.41, 5.74) is 8.54. The van der Waals surface area contributed by atoms with Crippen molar-refractivity contribution >= 4 is 33.4 Å². The van der Waals surface area contributed by atoms with E-state index in [1.807, 2.05) is 38.1 Å². The van der Waals surface area contributed by atoms with Crippen LogP contribution in [0.2, 0.25) is 0 Å². The van der Waals surface area contributed by atoms with Crippen LogP contribution in [-0.2, 0) is 11.3 Å². The van der Waals surface area contributed by atoms with Crippen LogP contribution in [0.25, 0.3) is 0 Å². The van der Waals surface area contributed by atoms with E-state index in [1.165, 1.54) is 0 Å². The number of anilines is 1. The first-order chi connectivity index (χ1) is 13.3. The van der Waals surface area contributed by atoms with Gasteiger partial charge in [0.15, 0.2) is 5.69 Å². The second-order valence-electron chi connectivity index (χ2n) is 7.58. The summed E-state index contributed by atoms with van der Waals surface area (Å²) >= 11 is 3.45. The predicted octanol–water partition coefficient (Wildman–Crippen LogP) is 3.25. The zero-order valence-electron chi connectivity index (χ0n) is 16.2. The molecule has 1 aliphatic rings. The zero-order valence-corrected chi connectivity index (χ0v) is 17.8. The number of nitrogens with two attached hydrogens (primary N) is 1. The Labute approximate surface area is 173 Å². The summed E-state index contributed by atoms with van der Waals surface area (Å²) < 4.78 is 0.700. The highest BCUT2D eigenvalue weighted by atomic mass is 79.9. The van der Waals surface area contributed by atoms with E-state index in [0.717, 1.165) is 37.2 Å². The first-order valence-electron chi connectivity index (χ1n) is 9.51. The van der Waals surface area contributed by atoms with Crippen LogP contribution < -0.4 is 11.1 Å². The van der Waals surface area contributed by atoms with E-state index in [-0.39, 0.29) is 23.7 Å². The Morgan fingerprint density at radius 2 is 2.07 bits per heavy atom. The average molecular weight is 448 g/mol. The van der Waals surface area contributed by atoms with E-state index in [1.54, 1.807) is 0 Å². The minimum Gasteiger partial charge on any atom is -0.369 e. The number of hydrogen-bond acceptors (Lipinski definition) is 4. The maximum absolute atomic E-state index is 12.5. The Hall–Kier alpha value is -2.19. The number of primary amides is 1. The van der Waals surface area contributed by atoms with Crippen LogP contribution in [0.5, 0.6) is 0 Å². The lowest BCUT2D eigenvalue weighted by Crippen LogP contribution is -2.40. The monoisotopic (exact) mass is 447 g/mol. The predicted molar refractivity (Wildman–Crippen MR) is 112 cm³/mol. The molecule has 2 heterocycles. The summed E-state index contributed by atoms with van der Waals surface area (Å²) in [4.78, 5) is 26.2. The van der Waals surface area contributed by atoms with Crippen LogP contribution >= 0.6 is 15.9 Å². The summed E-state index contributed by atoms with van der Waals surface area (Å²) in [6.07, 6.45) is 1.86. The van der Waals surface area contributed by atoms with Gasteiger partial charge in [-0.1, -0.05) is 26.0 Å². The van der Waals surface area contributed by atoms with Gasteiger partial charge in [0.2, 0.25) is 5.91 Å². The number of amides is 2. The van der Waals surface area contributed by atoms with Crippen molar-refractivity contribution in [1.29, 1.82) is 0 Å². The maximum atomic E-state index is 12.5. The smallest absolute Gasteiger partial charge is 0.277 e. The van der Waals surface area contributed by atoms with Crippen molar-refractivity contribution in [3.8, 4) is 0 Å². The molecule has 1 aromatic carbocycles. The number of nitrogens with one attached hydrogen (secondary N) is 2. The number of likely N-dealkylation sites (tertiary alicyclic amines) is 1. The van der Waals surface area contributed by atoms with Crippen molar-refractivity contribution in [2.45, 2.75) is 39.2 Å². The number of benzene rings is 1. The van der Waals surface area contributed by atoms with E-state index in [2.05, 4.69) is 36.3 Å². The van der Waals surface area contributed by atoms with Crippen molar-refractivity contribution in [2.75, 3.05) is 18.4 Å². The van der Waals surface area contributed by atoms with Crippen LogP contribution in [0.4, 0.5) is 5.69 Å². The third-order valence-electron chi connectivity index (χ3n) is 5.05. The van der Waals surface area contributed by atoms with Gasteiger partial charge in [0.25, 0.3) is 5.91 Å². The van der Waals surface area contributed by atoms with Gasteiger partial charge in [-0.25, -0.2) is 0 Å². The Kier molecular flexibility index (Phi) is 6.51. The lowest BCUT2D eigenvalue weighted by Gasteiger charge is -2.31. The summed E-state index contributed by atoms with van der Waals surface area (Å²) in [6, 6.07) is 7.74. The van der Waals surface area contributed by atoms with Gasteiger partial charge in [-0.15, -0.1) is 0 Å². The zero-order chi connectivity index (χ0) is 20.3. The highest BCUT2D eigenvalue weighted by Gasteiger charge is 2.24. The standard InChI is InChI=1S/C20H26BrN5O2/c1-12(2)17-16(21)18(25-24-17)20(28)23-15-7-5-13(6-8-15)10-26-9-3-4-14(11-26)19(22)27/h5-8,12,14H,3-4,9-11H2,1-2H3,(H2,22,27)(H,23,28)(H,24,25). The van der Waals surface area contributed by atoms with E-state index in [4.69, 9.17) is 5.73 Å². The van der Waals surface area contributed by atoms with Gasteiger partial charge in [-0.2, -0.15) is 5.10 Å². The van der Waals surface area contributed by atoms with Crippen molar-refractivity contribution < 1.29 is 9.59 Å². The Morgan fingerprint density at radius 3 is 2.68 bits per heavy atom. The van der Waals surface area contributed by atoms with Crippen LogP contribution in [0.1, 0.15) is 54.4 Å². The molecule has 8 heteroatoms. The van der Waals surface area contributed by atoms with Crippen molar-refractivity contribution in [1.82, 2.24) is 15.1 Å². The number of carbonyl (C=O) groups excluding carboxylic acids is 2. The number of hydrogen-bond donors (Lipinski definition) is 3. The Bertz CT molecular complexity index is 847. The second-order valence-corrected chi connectivity index (χ2v) is 8.38. The molecular formula is C20H26BrN5O2. The minimum atomic E-state index is -0.261. The molecule has 1 unspecified atom stereocenters. The molecule has 0 saturated carbocycles. The molecule has 3 rings (SSSR count). The number of carbonyl (C=O) groups is 2. The van der Waals surface area contributed by atoms with Gasteiger partial charge >= 0.3 is 0 Å². The molecule has 0 radical (unpaired) electrons. The number of nitrogens with zero attached hydrogens (tertiary/aromatic N) is 2. The molecule has 4 N–H and O–H groups in total. The molecule has 150 valence electrons. The fourth-order valence-electron chi connectivity index (χ4n) is 3.45. The third-order valence-corrected chi connectivity index (χ3v) is 5.85. The topological polar surface area (TPSA) is 104 Å². The van der Waals surface area contributed by atoms with E-state index >= 15 is 0 Å². The molecule has 0 aliphatic carbocycles. The van der Waals surface area contributed by atoms with Crippen LogP contribution in [0.3, 0.4) is 0 Å². The third kappa shape index (κ3) is 4.80. The molecule has 1 aromatic heterocycles. The Morgan fingerprint density at radius 1 is 1.36 bits per heavy atom. The molecule has 0 bridgehead atoms. The number of halogens is 1. The van der Waals surface area contributed by atoms with Gasteiger partial charge < -0.3 is 11.1 Å².